The van der Waals surface area contributed by atoms with Crippen molar-refractivity contribution in [3.8, 4) is 28.4 Å². The smallest absolute Gasteiger partial charge is 0.437 e. The molecular weight excluding hydrogens is 1430 g/mol. The molecular formula is C86H104O11Si8. The van der Waals surface area contributed by atoms with E-state index < -0.39 is 79.1 Å². The summed E-state index contributed by atoms with van der Waals surface area (Å²) in [6, 6.07) is 88.7. The third-order valence-electron chi connectivity index (χ3n) is 19.1. The molecule has 0 saturated heterocycles. The summed E-state index contributed by atoms with van der Waals surface area (Å²) in [5.74, 6) is 0.870. The Morgan fingerprint density at radius 3 is 1.22 bits per heavy atom. The average Bonchev–Trinajstić information content (AvgIpc) is 1.55. The van der Waals surface area contributed by atoms with Crippen LogP contribution in [-0.2, 0) is 54.2 Å². The van der Waals surface area contributed by atoms with Gasteiger partial charge in [-0.25, -0.2) is 4.79 Å². The van der Waals surface area contributed by atoms with Crippen molar-refractivity contribution in [3.05, 3.63) is 305 Å². The van der Waals surface area contributed by atoms with Crippen LogP contribution >= 0.6 is 0 Å². The van der Waals surface area contributed by atoms with Gasteiger partial charge in [-0.3, -0.25) is 4.79 Å². The minimum Gasteiger partial charge on any atom is -0.437 e. The van der Waals surface area contributed by atoms with Crippen molar-refractivity contribution in [3.63, 3.8) is 0 Å². The van der Waals surface area contributed by atoms with Crippen LogP contribution in [0.25, 0.3) is 11.1 Å². The van der Waals surface area contributed by atoms with Gasteiger partial charge >= 0.3 is 46.4 Å². The summed E-state index contributed by atoms with van der Waals surface area (Å²) in [6.07, 6.45) is 2.01. The first kappa shape index (κ1) is 78.5. The maximum atomic E-state index is 14.7. The number of ether oxygens (including phenoxy) is 3. The Morgan fingerprint density at radius 2 is 0.733 bits per heavy atom. The van der Waals surface area contributed by atoms with Gasteiger partial charge in [-0.1, -0.05) is 237 Å². The van der Waals surface area contributed by atoms with Gasteiger partial charge < -0.3 is 38.9 Å². The molecule has 1 aliphatic carbocycles. The van der Waals surface area contributed by atoms with E-state index in [1.165, 1.54) is 10.4 Å². The summed E-state index contributed by atoms with van der Waals surface area (Å²) in [6.45, 7) is 35.0. The quantitative estimate of drug-likeness (QED) is 0.0179. The SMILES string of the molecule is Cc1ccc(C2(c3ccc(C)c(OC(=O)Oc4ccccc4CCC[Si](C)(O[Si](C)(C)C)O[Si](O[Si](C)(C)C)(c4ccccc4)c4ccccc4)c3)c3ccccc3-c3ccccc32)cc1OC(=O)Cc1ccccc1CCC[Si](C)(O[Si](C)(C)O[Si](C)(C)C)O[Si](C)(c1ccccc1)c1ccccc1. The van der Waals surface area contributed by atoms with Crippen molar-refractivity contribution in [2.24, 2.45) is 0 Å². The molecule has 0 N–H and O–H groups in total. The molecule has 10 aromatic rings. The molecule has 2 unspecified atom stereocenters. The molecule has 1 aliphatic rings. The van der Waals surface area contributed by atoms with E-state index in [4.69, 9.17) is 38.9 Å². The van der Waals surface area contributed by atoms with E-state index in [1.54, 1.807) is 0 Å². The zero-order chi connectivity index (χ0) is 75.1. The van der Waals surface area contributed by atoms with Gasteiger partial charge in [-0.2, -0.15) is 0 Å². The summed E-state index contributed by atoms with van der Waals surface area (Å²) in [5.41, 5.74) is 9.45. The van der Waals surface area contributed by atoms with E-state index in [0.29, 0.717) is 42.6 Å². The molecule has 0 heterocycles. The van der Waals surface area contributed by atoms with E-state index in [0.717, 1.165) is 84.0 Å². The normalized spacial score (nSPS) is 14.3. The Kier molecular flexibility index (Phi) is 24.3. The fourth-order valence-electron chi connectivity index (χ4n) is 15.3. The summed E-state index contributed by atoms with van der Waals surface area (Å²) < 4.78 is 63.6. The second-order valence-electron chi connectivity index (χ2n) is 31.7. The summed E-state index contributed by atoms with van der Waals surface area (Å²) in [4.78, 5) is 29.2. The fourth-order valence-corrected chi connectivity index (χ4v) is 51.7. The lowest BCUT2D eigenvalue weighted by Crippen LogP contribution is -2.71. The first-order valence-electron chi connectivity index (χ1n) is 36.9. The predicted octanol–water partition coefficient (Wildman–Crippen LogP) is 19.4. The van der Waals surface area contributed by atoms with Crippen LogP contribution in [0, 0.1) is 13.8 Å². The first-order valence-corrected chi connectivity index (χ1v) is 59.2. The number of hydrogen-bond acceptors (Lipinski definition) is 11. The Morgan fingerprint density at radius 1 is 0.343 bits per heavy atom. The second kappa shape index (κ2) is 32.5. The highest BCUT2D eigenvalue weighted by molar-refractivity contribution is 7.03. The van der Waals surface area contributed by atoms with Crippen LogP contribution in [0.15, 0.2) is 255 Å². The Labute approximate surface area is 632 Å². The molecule has 0 spiro atoms. The number of benzene rings is 10. The number of para-hydroxylation sites is 1. The molecule has 10 aromatic carbocycles. The van der Waals surface area contributed by atoms with Crippen LogP contribution < -0.4 is 35.0 Å². The van der Waals surface area contributed by atoms with Crippen molar-refractivity contribution in [1.82, 2.24) is 0 Å². The molecule has 19 heteroatoms. The van der Waals surface area contributed by atoms with Crippen LogP contribution in [0.4, 0.5) is 4.79 Å². The molecule has 2 atom stereocenters. The lowest BCUT2D eigenvalue weighted by Gasteiger charge is -2.44. The molecule has 0 saturated carbocycles. The van der Waals surface area contributed by atoms with Gasteiger partial charge in [-0.05, 0) is 243 Å². The van der Waals surface area contributed by atoms with Gasteiger partial charge in [0.05, 0.1) is 11.8 Å². The molecule has 546 valence electrons. The lowest BCUT2D eigenvalue weighted by atomic mass is 9.67. The van der Waals surface area contributed by atoms with Crippen LogP contribution in [0.2, 0.25) is 104 Å². The van der Waals surface area contributed by atoms with Gasteiger partial charge in [0.15, 0.2) is 25.0 Å². The number of esters is 1. The standard InChI is InChI=1S/C86H104O11Si8/c1-66-57-59-71(64-82(66)89-84(87)63-70-41-30-29-39-68(70)42-37-62-103(15,95-101(12,13)92-98(3,4)5)96-104(16,73-44-21-17-22-45-73)74-46-23-18-24-47-74)86(79-54-34-32-52-77(79)78-53-33-35-55-80(78)86)72-60-58-67(2)83(65-72)91-85(88)90-81-56-36-31-40-69(81)43-38-61-102(14,93-99(6,7)8)97-105(94-100(9,10)11,75-48-25-19-26-49-75)76-50-27-20-28-51-76/h17-36,39-41,44-60,64-65H,37-38,42-43,61-63H2,1-16H3. The maximum absolute atomic E-state index is 14.7. The van der Waals surface area contributed by atoms with Crippen LogP contribution in [0.5, 0.6) is 17.2 Å². The molecule has 11 nitrogen and oxygen atoms in total. The fraction of sp³-hybridized carbons (Fsp3) is 0.279. The van der Waals surface area contributed by atoms with Crippen LogP contribution in [0.3, 0.4) is 0 Å². The first-order chi connectivity index (χ1) is 49.8. The number of fused-ring (bicyclic) bond motifs is 3. The zero-order valence-corrected chi connectivity index (χ0v) is 72.2. The van der Waals surface area contributed by atoms with Gasteiger partial charge in [0.1, 0.15) is 17.2 Å². The zero-order valence-electron chi connectivity index (χ0n) is 64.2. The number of carbonyl (C=O) groups excluding carboxylic acids is 2. The largest absolute Gasteiger partial charge is 0.519 e. The topological polar surface area (TPSA) is 117 Å². The Bertz CT molecular complexity index is 4400. The number of carbonyl (C=O) groups is 2. The van der Waals surface area contributed by atoms with Crippen molar-refractivity contribution in [1.29, 1.82) is 0 Å². The summed E-state index contributed by atoms with van der Waals surface area (Å²) in [7, 11) is -21.3. The second-order valence-corrected chi connectivity index (χ2v) is 63.2. The lowest BCUT2D eigenvalue weighted by molar-refractivity contribution is -0.133. The van der Waals surface area contributed by atoms with E-state index in [2.05, 4.69) is 268 Å². The third-order valence-corrected chi connectivity index (χ3v) is 48.8. The van der Waals surface area contributed by atoms with Gasteiger partial charge in [0.25, 0.3) is 0 Å². The number of aryl methyl sites for hydroxylation is 4. The molecule has 0 aromatic heterocycles. The predicted molar refractivity (Wildman–Crippen MR) is 447 cm³/mol. The van der Waals surface area contributed by atoms with Crippen LogP contribution in [-0.4, -0.2) is 79.6 Å². The average molecular weight is 1540 g/mol. The van der Waals surface area contributed by atoms with Gasteiger partial charge in [0.2, 0.25) is 8.32 Å². The van der Waals surface area contributed by atoms with Gasteiger partial charge in [-0.15, -0.1) is 0 Å². The van der Waals surface area contributed by atoms with Crippen molar-refractivity contribution in [2.75, 3.05) is 0 Å². The molecule has 0 fully saturated rings. The van der Waals surface area contributed by atoms with Crippen molar-refractivity contribution in [2.45, 2.75) is 155 Å². The highest BCUT2D eigenvalue weighted by Crippen LogP contribution is 2.57. The van der Waals surface area contributed by atoms with E-state index in [1.807, 2.05) is 92.7 Å². The molecule has 105 heavy (non-hydrogen) atoms. The number of rotatable bonds is 31. The molecule has 11 rings (SSSR count). The van der Waals surface area contributed by atoms with E-state index in [9.17, 15) is 9.59 Å². The van der Waals surface area contributed by atoms with Crippen LogP contribution in [0.1, 0.15) is 62.9 Å². The third kappa shape index (κ3) is 19.1. The molecule has 0 amide bonds. The number of hydrogen-bond donors (Lipinski definition) is 0. The van der Waals surface area contributed by atoms with Crippen molar-refractivity contribution >= 4 is 100 Å². The van der Waals surface area contributed by atoms with Crippen molar-refractivity contribution < 1.29 is 48.5 Å². The van der Waals surface area contributed by atoms with E-state index in [-0.39, 0.29) is 12.4 Å². The summed E-state index contributed by atoms with van der Waals surface area (Å²) >= 11 is 0. The molecule has 0 aliphatic heterocycles. The van der Waals surface area contributed by atoms with Gasteiger partial charge in [0, 0.05) is 0 Å². The molecule has 0 radical (unpaired) electrons. The monoisotopic (exact) mass is 1540 g/mol. The highest BCUT2D eigenvalue weighted by atomic mass is 28.5. The van der Waals surface area contributed by atoms with E-state index >= 15 is 0 Å². The minimum absolute atomic E-state index is 0.0686. The Hall–Kier alpha value is -7.56. The Balaban J connectivity index is 0.837. The molecule has 0 bridgehead atoms. The highest BCUT2D eigenvalue weighted by Gasteiger charge is 2.54. The minimum atomic E-state index is -3.34. The summed E-state index contributed by atoms with van der Waals surface area (Å²) in [5, 5.41) is 4.50. The maximum Gasteiger partial charge on any atom is 0.519 e.